The second kappa shape index (κ2) is 7.79. The van der Waals surface area contributed by atoms with Crippen molar-refractivity contribution in [3.8, 4) is 17.6 Å². The average molecular weight is 289 g/mol. The number of ether oxygens (including phenoxy) is 2. The van der Waals surface area contributed by atoms with Gasteiger partial charge in [0.2, 0.25) is 0 Å². The first-order valence-corrected chi connectivity index (χ1v) is 7.07. The zero-order chi connectivity index (χ0) is 14.2. The fraction of sp³-hybridized carbons (Fsp3) is 0.294. The van der Waals surface area contributed by atoms with E-state index in [1.807, 2.05) is 24.3 Å². The quantitative estimate of drug-likeness (QED) is 0.473. The van der Waals surface area contributed by atoms with E-state index in [2.05, 4.69) is 24.0 Å². The van der Waals surface area contributed by atoms with Crippen molar-refractivity contribution < 1.29 is 9.47 Å². The van der Waals surface area contributed by atoms with E-state index in [0.29, 0.717) is 25.5 Å². The summed E-state index contributed by atoms with van der Waals surface area (Å²) < 4.78 is 10.6. The maximum atomic E-state index is 5.61. The minimum Gasteiger partial charge on any atom is -0.491 e. The van der Waals surface area contributed by atoms with Crippen molar-refractivity contribution in [2.75, 3.05) is 26.2 Å². The maximum absolute atomic E-state index is 5.61. The lowest BCUT2D eigenvalue weighted by molar-refractivity contribution is 0.146. The van der Waals surface area contributed by atoms with Crippen molar-refractivity contribution in [3.05, 3.63) is 42.0 Å². The van der Waals surface area contributed by atoms with Gasteiger partial charge in [0.1, 0.15) is 12.4 Å². The highest BCUT2D eigenvalue weighted by molar-refractivity contribution is 6.18. The fourth-order valence-electron chi connectivity index (χ4n) is 1.85. The number of alkyl halides is 1. The lowest BCUT2D eigenvalue weighted by atomic mass is 10.1. The highest BCUT2D eigenvalue weighted by Gasteiger charge is 1.98. The topological polar surface area (TPSA) is 18.5 Å². The van der Waals surface area contributed by atoms with Crippen LogP contribution in [0.15, 0.2) is 36.4 Å². The molecule has 0 atom stereocenters. The summed E-state index contributed by atoms with van der Waals surface area (Å²) in [6.45, 7) is 1.15. The number of hydrogen-bond donors (Lipinski definition) is 0. The molecule has 3 heteroatoms. The molecule has 0 saturated carbocycles. The second-order valence-electron chi connectivity index (χ2n) is 4.31. The predicted molar refractivity (Wildman–Crippen MR) is 83.5 cm³/mol. The predicted octanol–water partition coefficient (Wildman–Crippen LogP) is 3.85. The van der Waals surface area contributed by atoms with Crippen molar-refractivity contribution in [1.82, 2.24) is 0 Å². The third-order valence-electron chi connectivity index (χ3n) is 2.82. The van der Waals surface area contributed by atoms with Gasteiger partial charge in [-0.15, -0.1) is 11.6 Å². The van der Waals surface area contributed by atoms with Gasteiger partial charge in [-0.1, -0.05) is 24.0 Å². The summed E-state index contributed by atoms with van der Waals surface area (Å²) in [4.78, 5) is 0. The van der Waals surface area contributed by atoms with Crippen LogP contribution in [0.5, 0.6) is 5.75 Å². The molecular weight excluding hydrogens is 272 g/mol. The van der Waals surface area contributed by atoms with Gasteiger partial charge in [-0.25, -0.2) is 0 Å². The number of fused-ring (bicyclic) bond motifs is 1. The maximum Gasteiger partial charge on any atom is 0.120 e. The highest BCUT2D eigenvalue weighted by Crippen LogP contribution is 2.21. The van der Waals surface area contributed by atoms with Crippen LogP contribution in [0, 0.1) is 11.8 Å². The van der Waals surface area contributed by atoms with E-state index in [4.69, 9.17) is 21.1 Å². The summed E-state index contributed by atoms with van der Waals surface area (Å²) in [5, 5.41) is 2.30. The third kappa shape index (κ3) is 4.16. The van der Waals surface area contributed by atoms with Crippen LogP contribution in [0.25, 0.3) is 10.8 Å². The molecule has 104 valence electrons. The molecule has 2 nitrogen and oxygen atoms in total. The molecule has 0 unspecified atom stereocenters. The van der Waals surface area contributed by atoms with Gasteiger partial charge in [-0.05, 0) is 35.0 Å². The Morgan fingerprint density at radius 2 is 1.85 bits per heavy atom. The monoisotopic (exact) mass is 288 g/mol. The van der Waals surface area contributed by atoms with E-state index < -0.39 is 0 Å². The highest BCUT2D eigenvalue weighted by atomic mass is 35.5. The molecular formula is C17H17ClO2. The van der Waals surface area contributed by atoms with Crippen molar-refractivity contribution in [1.29, 1.82) is 0 Å². The summed E-state index contributed by atoms with van der Waals surface area (Å²) in [5.74, 6) is 7.58. The largest absolute Gasteiger partial charge is 0.491 e. The average Bonchev–Trinajstić information content (AvgIpc) is 2.48. The third-order valence-corrected chi connectivity index (χ3v) is 3.01. The molecule has 0 aromatic heterocycles. The molecule has 0 fully saturated rings. The number of hydrogen-bond acceptors (Lipinski definition) is 2. The van der Waals surface area contributed by atoms with E-state index in [-0.39, 0.29) is 0 Å². The Bertz CT molecular complexity index is 626. The summed E-state index contributed by atoms with van der Waals surface area (Å²) >= 11 is 5.61. The molecule has 0 spiro atoms. The SMILES string of the molecule is COCCOc1ccc2cc(C#CCCCl)ccc2c1. The Kier molecular flexibility index (Phi) is 5.73. The molecule has 0 amide bonds. The Morgan fingerprint density at radius 3 is 2.65 bits per heavy atom. The van der Waals surface area contributed by atoms with Gasteiger partial charge in [0.05, 0.1) is 6.61 Å². The van der Waals surface area contributed by atoms with Gasteiger partial charge in [0, 0.05) is 25.0 Å². The molecule has 2 aromatic rings. The minimum absolute atomic E-state index is 0.560. The Morgan fingerprint density at radius 1 is 1.05 bits per heavy atom. The van der Waals surface area contributed by atoms with Crippen LogP contribution in [0.1, 0.15) is 12.0 Å². The zero-order valence-corrected chi connectivity index (χ0v) is 12.2. The number of halogens is 1. The van der Waals surface area contributed by atoms with E-state index >= 15 is 0 Å². The van der Waals surface area contributed by atoms with Gasteiger partial charge in [0.25, 0.3) is 0 Å². The first-order valence-electron chi connectivity index (χ1n) is 6.54. The lowest BCUT2D eigenvalue weighted by Gasteiger charge is -2.06. The molecule has 20 heavy (non-hydrogen) atoms. The molecule has 0 bridgehead atoms. The van der Waals surface area contributed by atoms with Crippen LogP contribution in [0.3, 0.4) is 0 Å². The number of rotatable bonds is 5. The van der Waals surface area contributed by atoms with E-state index in [1.165, 1.54) is 0 Å². The summed E-state index contributed by atoms with van der Waals surface area (Å²) in [5.41, 5.74) is 1.01. The Balaban J connectivity index is 2.15. The van der Waals surface area contributed by atoms with Crippen LogP contribution in [0.4, 0.5) is 0 Å². The molecule has 2 rings (SSSR count). The molecule has 0 N–H and O–H groups in total. The molecule has 0 radical (unpaired) electrons. The minimum atomic E-state index is 0.560. The van der Waals surface area contributed by atoms with Gasteiger partial charge in [-0.3, -0.25) is 0 Å². The van der Waals surface area contributed by atoms with Crippen LogP contribution in [0.2, 0.25) is 0 Å². The number of benzene rings is 2. The van der Waals surface area contributed by atoms with Crippen LogP contribution in [-0.2, 0) is 4.74 Å². The zero-order valence-electron chi connectivity index (χ0n) is 11.5. The summed E-state index contributed by atoms with van der Waals surface area (Å²) in [6.07, 6.45) is 0.714. The van der Waals surface area contributed by atoms with Crippen molar-refractivity contribution in [3.63, 3.8) is 0 Å². The second-order valence-corrected chi connectivity index (χ2v) is 4.68. The molecule has 0 saturated heterocycles. The molecule has 0 aliphatic carbocycles. The fourth-order valence-corrected chi connectivity index (χ4v) is 1.94. The molecule has 2 aromatic carbocycles. The normalized spacial score (nSPS) is 10.1. The van der Waals surface area contributed by atoms with Crippen LogP contribution < -0.4 is 4.74 Å². The molecule has 0 aliphatic heterocycles. The summed E-state index contributed by atoms with van der Waals surface area (Å²) in [6, 6.07) is 12.2. The standard InChI is InChI=1S/C17H17ClO2/c1-19-10-11-20-17-8-7-15-12-14(4-2-3-9-18)5-6-16(15)13-17/h5-8,12-13H,3,9-11H2,1H3. The Hall–Kier alpha value is -1.69. The first kappa shape index (κ1) is 14.7. The van der Waals surface area contributed by atoms with Crippen LogP contribution in [-0.4, -0.2) is 26.2 Å². The van der Waals surface area contributed by atoms with Gasteiger partial charge >= 0.3 is 0 Å². The van der Waals surface area contributed by atoms with Crippen molar-refractivity contribution >= 4 is 22.4 Å². The van der Waals surface area contributed by atoms with Gasteiger partial charge in [0.15, 0.2) is 0 Å². The van der Waals surface area contributed by atoms with Gasteiger partial charge in [-0.2, -0.15) is 0 Å². The lowest BCUT2D eigenvalue weighted by Crippen LogP contribution is -2.03. The van der Waals surface area contributed by atoms with E-state index in [1.54, 1.807) is 7.11 Å². The smallest absolute Gasteiger partial charge is 0.120 e. The van der Waals surface area contributed by atoms with Crippen molar-refractivity contribution in [2.45, 2.75) is 6.42 Å². The molecule has 0 heterocycles. The first-order chi connectivity index (χ1) is 9.83. The summed E-state index contributed by atoms with van der Waals surface area (Å²) in [7, 11) is 1.66. The van der Waals surface area contributed by atoms with E-state index in [0.717, 1.165) is 22.1 Å². The van der Waals surface area contributed by atoms with Crippen LogP contribution >= 0.6 is 11.6 Å². The molecule has 0 aliphatic rings. The van der Waals surface area contributed by atoms with E-state index in [9.17, 15) is 0 Å². The van der Waals surface area contributed by atoms with Crippen molar-refractivity contribution in [2.24, 2.45) is 0 Å². The Labute approximate surface area is 124 Å². The van der Waals surface area contributed by atoms with Gasteiger partial charge < -0.3 is 9.47 Å². The number of methoxy groups -OCH3 is 1.